The van der Waals surface area contributed by atoms with Gasteiger partial charge in [-0.25, -0.2) is 13.2 Å². The fourth-order valence-electron chi connectivity index (χ4n) is 2.08. The molecule has 25 heavy (non-hydrogen) atoms. The van der Waals surface area contributed by atoms with E-state index in [1.807, 2.05) is 0 Å². The third kappa shape index (κ3) is 5.43. The van der Waals surface area contributed by atoms with Crippen molar-refractivity contribution in [1.29, 1.82) is 0 Å². The molecule has 0 spiro atoms. The lowest BCUT2D eigenvalue weighted by atomic mass is 10.2. The summed E-state index contributed by atoms with van der Waals surface area (Å²) >= 11 is 0. The van der Waals surface area contributed by atoms with E-state index >= 15 is 0 Å². The molecular formula is C17H17NO6S. The number of hydrogen-bond donors (Lipinski definition) is 0. The van der Waals surface area contributed by atoms with E-state index in [1.54, 1.807) is 12.1 Å². The average Bonchev–Trinajstić information content (AvgIpc) is 2.86. The highest BCUT2D eigenvalue weighted by Gasteiger charge is 2.32. The normalized spacial score (nSPS) is 14.2. The SMILES string of the molecule is CS(=O)(=O)c1ccc(C#CCCCC(=O)ON2C(=O)CCC2=O)cc1. The second-order valence-electron chi connectivity index (χ2n) is 5.50. The summed E-state index contributed by atoms with van der Waals surface area (Å²) in [5.74, 6) is 4.08. The monoisotopic (exact) mass is 363 g/mol. The lowest BCUT2D eigenvalue weighted by molar-refractivity contribution is -0.197. The maximum Gasteiger partial charge on any atom is 0.333 e. The van der Waals surface area contributed by atoms with Crippen molar-refractivity contribution in [2.45, 2.75) is 37.0 Å². The van der Waals surface area contributed by atoms with E-state index in [0.717, 1.165) is 6.26 Å². The summed E-state index contributed by atoms with van der Waals surface area (Å²) in [5.41, 5.74) is 0.670. The van der Waals surface area contributed by atoms with Crippen LogP contribution in [0.5, 0.6) is 0 Å². The number of nitrogens with zero attached hydrogens (tertiary/aromatic N) is 1. The zero-order chi connectivity index (χ0) is 18.4. The molecule has 1 heterocycles. The number of carbonyl (C=O) groups excluding carboxylic acids is 3. The first-order valence-corrected chi connectivity index (χ1v) is 9.52. The molecule has 2 amide bonds. The molecule has 0 aromatic heterocycles. The summed E-state index contributed by atoms with van der Waals surface area (Å²) in [4.78, 5) is 39.2. The number of imide groups is 1. The van der Waals surface area contributed by atoms with Crippen LogP contribution in [-0.2, 0) is 29.1 Å². The fourth-order valence-corrected chi connectivity index (χ4v) is 2.71. The molecule has 0 unspecified atom stereocenters. The number of rotatable bonds is 5. The van der Waals surface area contributed by atoms with Crippen LogP contribution in [-0.4, -0.2) is 37.5 Å². The number of hydrogen-bond acceptors (Lipinski definition) is 6. The standard InChI is InChI=1S/C17H17NO6S/c1-25(22,23)14-9-7-13(8-10-14)5-3-2-4-6-17(21)24-18-15(19)11-12-16(18)20/h7-10H,2,4,6,11-12H2,1H3. The molecule has 1 aromatic rings. The third-order valence-electron chi connectivity index (χ3n) is 3.40. The molecule has 1 saturated heterocycles. The highest BCUT2D eigenvalue weighted by Crippen LogP contribution is 2.13. The molecule has 2 rings (SSSR count). The van der Waals surface area contributed by atoms with Crippen LogP contribution < -0.4 is 0 Å². The predicted octanol–water partition coefficient (Wildman–Crippen LogP) is 1.22. The van der Waals surface area contributed by atoms with Gasteiger partial charge in [-0.05, 0) is 30.7 Å². The van der Waals surface area contributed by atoms with Gasteiger partial charge < -0.3 is 4.84 Å². The number of benzene rings is 1. The summed E-state index contributed by atoms with van der Waals surface area (Å²) in [7, 11) is -3.23. The summed E-state index contributed by atoms with van der Waals surface area (Å²) in [6, 6.07) is 6.20. The predicted molar refractivity (Wildman–Crippen MR) is 87.5 cm³/mol. The summed E-state index contributed by atoms with van der Waals surface area (Å²) in [6.45, 7) is 0. The van der Waals surface area contributed by atoms with E-state index in [4.69, 9.17) is 4.84 Å². The number of amides is 2. The van der Waals surface area contributed by atoms with Crippen LogP contribution >= 0.6 is 0 Å². The zero-order valence-electron chi connectivity index (χ0n) is 13.6. The van der Waals surface area contributed by atoms with E-state index in [9.17, 15) is 22.8 Å². The smallest absolute Gasteiger partial charge is 0.330 e. The first-order valence-electron chi connectivity index (χ1n) is 7.63. The van der Waals surface area contributed by atoms with Crippen molar-refractivity contribution in [1.82, 2.24) is 5.06 Å². The van der Waals surface area contributed by atoms with Crippen LogP contribution in [0.25, 0.3) is 0 Å². The lowest BCUT2D eigenvalue weighted by Crippen LogP contribution is -2.31. The highest BCUT2D eigenvalue weighted by molar-refractivity contribution is 7.90. The molecule has 8 heteroatoms. The van der Waals surface area contributed by atoms with Crippen LogP contribution in [0.2, 0.25) is 0 Å². The second kappa shape index (κ2) is 7.94. The Kier molecular flexibility index (Phi) is 5.93. The topological polar surface area (TPSA) is 97.8 Å². The minimum atomic E-state index is -3.23. The van der Waals surface area contributed by atoms with Crippen LogP contribution in [0.1, 0.15) is 37.7 Å². The van der Waals surface area contributed by atoms with Crippen LogP contribution in [0.4, 0.5) is 0 Å². The van der Waals surface area contributed by atoms with Crippen molar-refractivity contribution < 1.29 is 27.6 Å². The van der Waals surface area contributed by atoms with Gasteiger partial charge in [0.2, 0.25) is 0 Å². The van der Waals surface area contributed by atoms with Crippen molar-refractivity contribution in [3.63, 3.8) is 0 Å². The molecule has 1 aliphatic heterocycles. The quantitative estimate of drug-likeness (QED) is 0.443. The summed E-state index contributed by atoms with van der Waals surface area (Å²) < 4.78 is 22.7. The van der Waals surface area contributed by atoms with Crippen LogP contribution in [0, 0.1) is 11.8 Å². The molecule has 7 nitrogen and oxygen atoms in total. The maximum absolute atomic E-state index is 11.6. The lowest BCUT2D eigenvalue weighted by Gasteiger charge is -2.11. The van der Waals surface area contributed by atoms with Gasteiger partial charge in [0.15, 0.2) is 9.84 Å². The average molecular weight is 363 g/mol. The van der Waals surface area contributed by atoms with Crippen molar-refractivity contribution in [2.24, 2.45) is 0 Å². The van der Waals surface area contributed by atoms with E-state index in [-0.39, 0.29) is 24.2 Å². The van der Waals surface area contributed by atoms with Crippen LogP contribution in [0.3, 0.4) is 0 Å². The number of hydroxylamine groups is 2. The van der Waals surface area contributed by atoms with Gasteiger partial charge in [-0.2, -0.15) is 0 Å². The van der Waals surface area contributed by atoms with Gasteiger partial charge in [-0.15, -0.1) is 5.06 Å². The van der Waals surface area contributed by atoms with Crippen molar-refractivity contribution in [3.05, 3.63) is 29.8 Å². The minimum absolute atomic E-state index is 0.0404. The highest BCUT2D eigenvalue weighted by atomic mass is 32.2. The molecule has 0 radical (unpaired) electrons. The van der Waals surface area contributed by atoms with Crippen molar-refractivity contribution >= 4 is 27.6 Å². The van der Waals surface area contributed by atoms with E-state index in [2.05, 4.69) is 11.8 Å². The van der Waals surface area contributed by atoms with Gasteiger partial charge in [0.25, 0.3) is 11.8 Å². The summed E-state index contributed by atoms with van der Waals surface area (Å²) in [6.07, 6.45) is 2.15. The molecule has 0 bridgehead atoms. The fraction of sp³-hybridized carbons (Fsp3) is 0.353. The van der Waals surface area contributed by atoms with Gasteiger partial charge in [0.1, 0.15) is 0 Å². The molecule has 1 fully saturated rings. The Hall–Kier alpha value is -2.66. The Bertz CT molecular complexity index is 829. The Morgan fingerprint density at radius 1 is 1.16 bits per heavy atom. The number of unbranched alkanes of at least 4 members (excludes halogenated alkanes) is 1. The third-order valence-corrected chi connectivity index (χ3v) is 4.53. The van der Waals surface area contributed by atoms with Gasteiger partial charge in [-0.3, -0.25) is 9.59 Å². The molecule has 0 aliphatic carbocycles. The van der Waals surface area contributed by atoms with Crippen molar-refractivity contribution in [2.75, 3.05) is 6.26 Å². The van der Waals surface area contributed by atoms with Gasteiger partial charge in [0, 0.05) is 37.5 Å². The van der Waals surface area contributed by atoms with E-state index < -0.39 is 27.6 Å². The second-order valence-corrected chi connectivity index (χ2v) is 7.51. The maximum atomic E-state index is 11.6. The van der Waals surface area contributed by atoms with Gasteiger partial charge >= 0.3 is 5.97 Å². The Balaban J connectivity index is 1.76. The van der Waals surface area contributed by atoms with Gasteiger partial charge in [0.05, 0.1) is 4.90 Å². The first kappa shape index (κ1) is 18.7. The number of sulfone groups is 1. The van der Waals surface area contributed by atoms with E-state index in [0.29, 0.717) is 23.5 Å². The Morgan fingerprint density at radius 3 is 2.32 bits per heavy atom. The molecule has 0 atom stereocenters. The van der Waals surface area contributed by atoms with Gasteiger partial charge in [-0.1, -0.05) is 11.8 Å². The summed E-state index contributed by atoms with van der Waals surface area (Å²) in [5, 5.41) is 0.525. The molecule has 132 valence electrons. The molecule has 1 aromatic carbocycles. The van der Waals surface area contributed by atoms with Crippen molar-refractivity contribution in [3.8, 4) is 11.8 Å². The largest absolute Gasteiger partial charge is 0.333 e. The first-order chi connectivity index (χ1) is 11.8. The zero-order valence-corrected chi connectivity index (χ0v) is 14.5. The number of carbonyl (C=O) groups is 3. The molecular weight excluding hydrogens is 346 g/mol. The molecule has 0 N–H and O–H groups in total. The van der Waals surface area contributed by atoms with Crippen LogP contribution in [0.15, 0.2) is 29.2 Å². The molecule has 0 saturated carbocycles. The molecule has 1 aliphatic rings. The Morgan fingerprint density at radius 2 is 1.76 bits per heavy atom. The minimum Gasteiger partial charge on any atom is -0.330 e. The Labute approximate surface area is 145 Å². The van der Waals surface area contributed by atoms with E-state index in [1.165, 1.54) is 12.1 Å².